The largest absolute Gasteiger partial charge is 0.395 e. The molecule has 0 aliphatic rings. The van der Waals surface area contributed by atoms with Gasteiger partial charge in [-0.1, -0.05) is 20.3 Å². The van der Waals surface area contributed by atoms with Gasteiger partial charge in [0, 0.05) is 0 Å². The zero-order valence-corrected chi connectivity index (χ0v) is 5.52. The molecule has 0 rings (SSSR count). The molecule has 0 amide bonds. The first kappa shape index (κ1) is 10.4. The van der Waals surface area contributed by atoms with E-state index in [2.05, 4.69) is 13.8 Å². The smallest absolute Gasteiger partial charge is 0.0645 e. The van der Waals surface area contributed by atoms with Crippen LogP contribution in [0.2, 0.25) is 0 Å². The van der Waals surface area contributed by atoms with Gasteiger partial charge >= 0.3 is 0 Å². The van der Waals surface area contributed by atoms with E-state index in [0.29, 0.717) is 0 Å². The minimum absolute atomic E-state index is 0.0174. The first-order valence-corrected chi connectivity index (χ1v) is 2.81. The number of aliphatic hydroxyl groups is 1. The Bertz CT molecular complexity index is 56.0. The van der Waals surface area contributed by atoms with Gasteiger partial charge in [0.25, 0.3) is 0 Å². The maximum Gasteiger partial charge on any atom is 0.0645 e. The van der Waals surface area contributed by atoms with Crippen molar-refractivity contribution in [1.82, 2.24) is 0 Å². The van der Waals surface area contributed by atoms with E-state index in [1.165, 1.54) is 6.42 Å². The second kappa shape index (κ2) is 16.1. The molecular weight excluding hydrogens is 102 g/mol. The highest BCUT2D eigenvalue weighted by Gasteiger charge is 1.66. The number of hydrogen-bond donors (Lipinski definition) is 1. The summed E-state index contributed by atoms with van der Waals surface area (Å²) in [6, 6.07) is 1.77. The zero-order valence-electron chi connectivity index (χ0n) is 5.52. The summed E-state index contributed by atoms with van der Waals surface area (Å²) in [7, 11) is 0. The van der Waals surface area contributed by atoms with Gasteiger partial charge in [0.1, 0.15) is 0 Å². The first-order valence-electron chi connectivity index (χ1n) is 2.81. The van der Waals surface area contributed by atoms with Crippen molar-refractivity contribution in [3.05, 3.63) is 0 Å². The molecule has 0 atom stereocenters. The van der Waals surface area contributed by atoms with E-state index in [9.17, 15) is 0 Å². The molecule has 0 aromatic rings. The molecule has 0 bridgehead atoms. The van der Waals surface area contributed by atoms with Crippen molar-refractivity contribution in [2.45, 2.75) is 26.7 Å². The third-order valence-corrected chi connectivity index (χ3v) is 0.224. The van der Waals surface area contributed by atoms with Gasteiger partial charge in [0.05, 0.1) is 19.1 Å². The Morgan fingerprint density at radius 1 is 1.50 bits per heavy atom. The number of hydrogen-bond acceptors (Lipinski definition) is 2. The monoisotopic (exact) mass is 115 g/mol. The lowest BCUT2D eigenvalue weighted by molar-refractivity contribution is 0.304. The summed E-state index contributed by atoms with van der Waals surface area (Å²) in [5, 5.41) is 15.5. The summed E-state index contributed by atoms with van der Waals surface area (Å²) in [5.41, 5.74) is 0. The Morgan fingerprint density at radius 3 is 1.88 bits per heavy atom. The van der Waals surface area contributed by atoms with Crippen molar-refractivity contribution >= 4 is 0 Å². The van der Waals surface area contributed by atoms with Gasteiger partial charge in [0.15, 0.2) is 0 Å². The quantitative estimate of drug-likeness (QED) is 0.560. The van der Waals surface area contributed by atoms with Gasteiger partial charge in [-0.3, -0.25) is 0 Å². The number of aliphatic hydroxyl groups excluding tert-OH is 1. The van der Waals surface area contributed by atoms with Crippen LogP contribution in [0.5, 0.6) is 0 Å². The normalized spacial score (nSPS) is 6.25. The molecule has 0 unspecified atom stereocenters. The van der Waals surface area contributed by atoms with Crippen LogP contribution in [0, 0.1) is 11.3 Å². The summed E-state index contributed by atoms with van der Waals surface area (Å²) in [5.74, 6) is 0. The van der Waals surface area contributed by atoms with Crippen molar-refractivity contribution in [2.24, 2.45) is 0 Å². The van der Waals surface area contributed by atoms with Crippen LogP contribution in [0.25, 0.3) is 0 Å². The molecule has 0 aliphatic carbocycles. The summed E-state index contributed by atoms with van der Waals surface area (Å²) < 4.78 is 0. The molecule has 2 heteroatoms. The highest BCUT2D eigenvalue weighted by atomic mass is 16.2. The Balaban J connectivity index is 0. The van der Waals surface area contributed by atoms with Crippen molar-refractivity contribution < 1.29 is 5.11 Å². The van der Waals surface area contributed by atoms with Crippen LogP contribution < -0.4 is 0 Å². The molecular formula is C6H13NO. The Morgan fingerprint density at radius 2 is 1.88 bits per heavy atom. The Kier molecular flexibility index (Phi) is 21.0. The van der Waals surface area contributed by atoms with E-state index >= 15 is 0 Å². The van der Waals surface area contributed by atoms with Gasteiger partial charge in [-0.2, -0.15) is 5.26 Å². The van der Waals surface area contributed by atoms with Crippen molar-refractivity contribution in [3.8, 4) is 6.07 Å². The van der Waals surface area contributed by atoms with Gasteiger partial charge in [0.2, 0.25) is 0 Å². The molecule has 0 aromatic carbocycles. The Hall–Kier alpha value is -0.550. The minimum atomic E-state index is -0.0174. The van der Waals surface area contributed by atoms with Crippen LogP contribution in [0.3, 0.4) is 0 Å². The third-order valence-electron chi connectivity index (χ3n) is 0.224. The maximum atomic E-state index is 7.84. The second-order valence-electron chi connectivity index (χ2n) is 1.34. The van der Waals surface area contributed by atoms with Crippen LogP contribution in [0.4, 0.5) is 0 Å². The fraction of sp³-hybridized carbons (Fsp3) is 0.833. The molecule has 0 saturated carbocycles. The van der Waals surface area contributed by atoms with Crippen molar-refractivity contribution in [3.63, 3.8) is 0 Å². The van der Waals surface area contributed by atoms with E-state index in [-0.39, 0.29) is 13.0 Å². The van der Waals surface area contributed by atoms with E-state index in [1.807, 2.05) is 0 Å². The summed E-state index contributed by atoms with van der Waals surface area (Å²) in [4.78, 5) is 0. The molecule has 0 heterocycles. The van der Waals surface area contributed by atoms with Crippen LogP contribution in [0.15, 0.2) is 0 Å². The van der Waals surface area contributed by atoms with Gasteiger partial charge in [-0.25, -0.2) is 0 Å². The molecule has 8 heavy (non-hydrogen) atoms. The molecule has 0 fully saturated rings. The predicted octanol–water partition coefficient (Wildman–Crippen LogP) is 1.31. The molecule has 0 aliphatic heterocycles. The lowest BCUT2D eigenvalue weighted by atomic mass is 10.5. The second-order valence-corrected chi connectivity index (χ2v) is 1.34. The molecule has 1 N–H and O–H groups in total. The topological polar surface area (TPSA) is 44.0 Å². The molecule has 48 valence electrons. The van der Waals surface area contributed by atoms with Crippen LogP contribution >= 0.6 is 0 Å². The first-order chi connectivity index (χ1) is 3.83. The maximum absolute atomic E-state index is 7.84. The molecule has 0 radical (unpaired) electrons. The number of nitrogens with zero attached hydrogens (tertiary/aromatic N) is 1. The average Bonchev–Trinajstić information content (AvgIpc) is 1.71. The number of nitriles is 1. The van der Waals surface area contributed by atoms with Crippen LogP contribution in [-0.4, -0.2) is 11.7 Å². The lowest BCUT2D eigenvalue weighted by Crippen LogP contribution is -1.72. The average molecular weight is 115 g/mol. The summed E-state index contributed by atoms with van der Waals surface area (Å²) in [6.45, 7) is 4.23. The standard InChI is InChI=1S/C3H5NO.C3H8/c4-2-1-3-5;1-3-2/h5H,1,3H2;3H2,1-2H3. The lowest BCUT2D eigenvalue weighted by Gasteiger charge is -1.67. The predicted molar refractivity (Wildman–Crippen MR) is 33.3 cm³/mol. The summed E-state index contributed by atoms with van der Waals surface area (Å²) >= 11 is 0. The Labute approximate surface area is 50.8 Å². The van der Waals surface area contributed by atoms with E-state index in [4.69, 9.17) is 10.4 Å². The molecule has 0 saturated heterocycles. The van der Waals surface area contributed by atoms with E-state index in [0.717, 1.165) is 0 Å². The van der Waals surface area contributed by atoms with E-state index < -0.39 is 0 Å². The minimum Gasteiger partial charge on any atom is -0.395 e. The fourth-order valence-corrected chi connectivity index (χ4v) is 0.0500. The molecule has 0 spiro atoms. The zero-order chi connectivity index (χ0) is 6.83. The van der Waals surface area contributed by atoms with Crippen LogP contribution in [0.1, 0.15) is 26.7 Å². The van der Waals surface area contributed by atoms with Gasteiger partial charge in [-0.15, -0.1) is 0 Å². The third kappa shape index (κ3) is 51.3. The van der Waals surface area contributed by atoms with Gasteiger partial charge < -0.3 is 5.11 Å². The molecule has 2 nitrogen and oxygen atoms in total. The molecule has 0 aromatic heterocycles. The van der Waals surface area contributed by atoms with Gasteiger partial charge in [-0.05, 0) is 0 Å². The SMILES string of the molecule is CCC.N#CCCO. The highest BCUT2D eigenvalue weighted by molar-refractivity contribution is 4.65. The number of rotatable bonds is 1. The van der Waals surface area contributed by atoms with E-state index in [1.54, 1.807) is 6.07 Å². The summed E-state index contributed by atoms with van der Waals surface area (Å²) in [6.07, 6.45) is 1.50. The fourth-order valence-electron chi connectivity index (χ4n) is 0.0500. The highest BCUT2D eigenvalue weighted by Crippen LogP contribution is 1.62. The van der Waals surface area contributed by atoms with Crippen molar-refractivity contribution in [2.75, 3.05) is 6.61 Å². The van der Waals surface area contributed by atoms with Crippen molar-refractivity contribution in [1.29, 1.82) is 5.26 Å². The van der Waals surface area contributed by atoms with Crippen LogP contribution in [-0.2, 0) is 0 Å².